The van der Waals surface area contributed by atoms with Gasteiger partial charge in [0.15, 0.2) is 11.5 Å². The Balaban J connectivity index is 1.56. The Hall–Kier alpha value is -1.87. The Labute approximate surface area is 161 Å². The van der Waals surface area contributed by atoms with Gasteiger partial charge in [0, 0.05) is 24.6 Å². The summed E-state index contributed by atoms with van der Waals surface area (Å²) in [6, 6.07) is 2.37. The van der Waals surface area contributed by atoms with Crippen LogP contribution in [0.4, 0.5) is 14.7 Å². The number of nitrogens with zero attached hydrogens (tertiary/aromatic N) is 5. The molecule has 9 heteroatoms. The molecule has 0 aliphatic carbocycles. The standard InChI is InChI=1S/C19H25F2N5O2/c1-10(27)17-22-16-5-11(3-4-19(2,20)21)24-26(16)18(23-17)25-12-6-14-8-13(25)9-15(7-12)28-14/h5,10,12-15,27H,3-4,6-9H2,1-2H3. The molecule has 0 radical (unpaired) electrons. The molecule has 6 heterocycles. The molecule has 4 aliphatic heterocycles. The maximum Gasteiger partial charge on any atom is 0.245 e. The van der Waals surface area contributed by atoms with E-state index in [4.69, 9.17) is 4.74 Å². The second-order valence-electron chi connectivity index (χ2n) is 8.57. The minimum absolute atomic E-state index is 0.168. The van der Waals surface area contributed by atoms with E-state index in [1.807, 2.05) is 0 Å². The highest BCUT2D eigenvalue weighted by Crippen LogP contribution is 2.44. The van der Waals surface area contributed by atoms with Crippen molar-refractivity contribution in [2.75, 3.05) is 4.90 Å². The van der Waals surface area contributed by atoms with E-state index in [2.05, 4.69) is 20.0 Å². The summed E-state index contributed by atoms with van der Waals surface area (Å²) in [5.41, 5.74) is 1.11. The van der Waals surface area contributed by atoms with Gasteiger partial charge in [0.1, 0.15) is 6.10 Å². The third-order valence-electron chi connectivity index (χ3n) is 6.11. The molecule has 2 aromatic rings. The number of halogens is 2. The van der Waals surface area contributed by atoms with Crippen molar-refractivity contribution in [3.8, 4) is 0 Å². The maximum atomic E-state index is 13.3. The predicted octanol–water partition coefficient (Wildman–Crippen LogP) is 2.66. The van der Waals surface area contributed by atoms with Crippen molar-refractivity contribution >= 4 is 11.6 Å². The van der Waals surface area contributed by atoms with Crippen molar-refractivity contribution in [1.82, 2.24) is 19.6 Å². The number of hydrogen-bond donors (Lipinski definition) is 1. The molecule has 0 amide bonds. The van der Waals surface area contributed by atoms with Crippen LogP contribution in [-0.2, 0) is 11.2 Å². The number of aliphatic hydroxyl groups is 1. The quantitative estimate of drug-likeness (QED) is 0.842. The molecule has 28 heavy (non-hydrogen) atoms. The van der Waals surface area contributed by atoms with E-state index in [0.29, 0.717) is 47.4 Å². The first-order valence-corrected chi connectivity index (χ1v) is 10.0. The average molecular weight is 393 g/mol. The summed E-state index contributed by atoms with van der Waals surface area (Å²) in [5.74, 6) is -1.75. The molecule has 1 atom stereocenters. The minimum atomic E-state index is -2.74. The van der Waals surface area contributed by atoms with Gasteiger partial charge in [0.25, 0.3) is 0 Å². The van der Waals surface area contributed by atoms with Crippen molar-refractivity contribution in [2.45, 2.75) is 88.7 Å². The van der Waals surface area contributed by atoms with E-state index < -0.39 is 12.0 Å². The molecule has 4 aliphatic rings. The van der Waals surface area contributed by atoms with E-state index in [0.717, 1.165) is 32.6 Å². The first-order valence-electron chi connectivity index (χ1n) is 10.0. The predicted molar refractivity (Wildman–Crippen MR) is 97.5 cm³/mol. The second kappa shape index (κ2) is 6.32. The lowest BCUT2D eigenvalue weighted by Gasteiger charge is -2.56. The molecule has 1 unspecified atom stereocenters. The van der Waals surface area contributed by atoms with Gasteiger partial charge in [-0.05, 0) is 46.0 Å². The topological polar surface area (TPSA) is 75.8 Å². The van der Waals surface area contributed by atoms with Crippen LogP contribution in [0.3, 0.4) is 0 Å². The molecular weight excluding hydrogens is 368 g/mol. The Morgan fingerprint density at radius 3 is 2.43 bits per heavy atom. The molecule has 7 nitrogen and oxygen atoms in total. The third kappa shape index (κ3) is 3.14. The maximum absolute atomic E-state index is 13.3. The first-order chi connectivity index (χ1) is 13.3. The van der Waals surface area contributed by atoms with Gasteiger partial charge in [-0.1, -0.05) is 0 Å². The molecule has 4 fully saturated rings. The average Bonchev–Trinajstić information content (AvgIpc) is 3.01. The highest BCUT2D eigenvalue weighted by Gasteiger charge is 2.49. The smallest absolute Gasteiger partial charge is 0.245 e. The summed E-state index contributed by atoms with van der Waals surface area (Å²) in [6.07, 6.45) is 3.54. The number of anilines is 1. The van der Waals surface area contributed by atoms with E-state index in [-0.39, 0.29) is 12.8 Å². The molecule has 152 valence electrons. The second-order valence-corrected chi connectivity index (χ2v) is 8.57. The zero-order valence-corrected chi connectivity index (χ0v) is 16.1. The summed E-state index contributed by atoms with van der Waals surface area (Å²) in [4.78, 5) is 11.4. The lowest BCUT2D eigenvalue weighted by molar-refractivity contribution is -0.121. The lowest BCUT2D eigenvalue weighted by Crippen LogP contribution is -2.63. The first kappa shape index (κ1) is 18.2. The van der Waals surface area contributed by atoms with E-state index in [1.54, 1.807) is 17.5 Å². The van der Waals surface area contributed by atoms with Crippen LogP contribution in [0.2, 0.25) is 0 Å². The molecule has 0 saturated carbocycles. The van der Waals surface area contributed by atoms with Gasteiger partial charge in [0.05, 0.1) is 17.9 Å². The summed E-state index contributed by atoms with van der Waals surface area (Å²) in [6.45, 7) is 2.55. The Bertz CT molecular complexity index is 866. The largest absolute Gasteiger partial charge is 0.385 e. The fourth-order valence-electron chi connectivity index (χ4n) is 4.93. The van der Waals surface area contributed by atoms with Crippen molar-refractivity contribution in [3.05, 3.63) is 17.6 Å². The summed E-state index contributed by atoms with van der Waals surface area (Å²) in [5, 5.41) is 14.6. The van der Waals surface area contributed by atoms with Crippen LogP contribution in [0.5, 0.6) is 0 Å². The number of fused-ring (bicyclic) bond motifs is 1. The summed E-state index contributed by atoms with van der Waals surface area (Å²) in [7, 11) is 0. The van der Waals surface area contributed by atoms with Crippen molar-refractivity contribution in [2.24, 2.45) is 0 Å². The monoisotopic (exact) mass is 393 g/mol. The van der Waals surface area contributed by atoms with Gasteiger partial charge < -0.3 is 14.7 Å². The molecule has 4 bridgehead atoms. The minimum Gasteiger partial charge on any atom is -0.385 e. The van der Waals surface area contributed by atoms with Gasteiger partial charge in [-0.25, -0.2) is 13.8 Å². The molecule has 0 aromatic carbocycles. The Morgan fingerprint density at radius 1 is 1.21 bits per heavy atom. The normalized spacial score (nSPS) is 30.4. The number of hydrogen-bond acceptors (Lipinski definition) is 6. The molecule has 2 aromatic heterocycles. The number of aromatic nitrogens is 4. The highest BCUT2D eigenvalue weighted by molar-refractivity contribution is 5.49. The number of aryl methyl sites for hydroxylation is 1. The summed E-state index contributed by atoms with van der Waals surface area (Å²) < 4.78 is 34.3. The van der Waals surface area contributed by atoms with Crippen molar-refractivity contribution in [3.63, 3.8) is 0 Å². The van der Waals surface area contributed by atoms with Gasteiger partial charge in [0.2, 0.25) is 11.9 Å². The SMILES string of the molecule is CC(O)c1nc(N2C3CC4CC2CC(C3)O4)n2nc(CCC(C)(F)F)cc2n1. The van der Waals surface area contributed by atoms with Crippen LogP contribution in [0, 0.1) is 0 Å². The number of rotatable bonds is 5. The number of ether oxygens (including phenoxy) is 1. The zero-order chi connectivity index (χ0) is 19.6. The van der Waals surface area contributed by atoms with Gasteiger partial charge >= 0.3 is 0 Å². The number of piperidine rings is 2. The van der Waals surface area contributed by atoms with E-state index in [9.17, 15) is 13.9 Å². The molecule has 6 rings (SSSR count). The van der Waals surface area contributed by atoms with Crippen LogP contribution in [0.25, 0.3) is 5.65 Å². The number of aliphatic hydroxyl groups excluding tert-OH is 1. The fraction of sp³-hybridized carbons (Fsp3) is 0.737. The zero-order valence-electron chi connectivity index (χ0n) is 16.1. The van der Waals surface area contributed by atoms with Crippen LogP contribution in [0.15, 0.2) is 6.07 Å². The lowest BCUT2D eigenvalue weighted by atomic mass is 9.78. The fourth-order valence-corrected chi connectivity index (χ4v) is 4.93. The molecule has 4 saturated heterocycles. The van der Waals surface area contributed by atoms with Crippen LogP contribution < -0.4 is 4.90 Å². The van der Waals surface area contributed by atoms with Crippen LogP contribution in [0.1, 0.15) is 63.6 Å². The Kier molecular flexibility index (Phi) is 4.10. The molecule has 0 spiro atoms. The van der Waals surface area contributed by atoms with E-state index in [1.165, 1.54) is 0 Å². The third-order valence-corrected chi connectivity index (χ3v) is 6.11. The van der Waals surface area contributed by atoms with Gasteiger partial charge in [-0.3, -0.25) is 0 Å². The number of alkyl halides is 2. The van der Waals surface area contributed by atoms with Crippen LogP contribution >= 0.6 is 0 Å². The molecular formula is C19H25F2N5O2. The Morgan fingerprint density at radius 2 is 1.86 bits per heavy atom. The van der Waals surface area contributed by atoms with Crippen LogP contribution in [-0.4, -0.2) is 54.9 Å². The van der Waals surface area contributed by atoms with Gasteiger partial charge in [-0.15, -0.1) is 0 Å². The summed E-state index contributed by atoms with van der Waals surface area (Å²) >= 11 is 0. The van der Waals surface area contributed by atoms with Gasteiger partial charge in [-0.2, -0.15) is 14.6 Å². The van der Waals surface area contributed by atoms with Crippen molar-refractivity contribution < 1.29 is 18.6 Å². The molecule has 1 N–H and O–H groups in total. The van der Waals surface area contributed by atoms with E-state index >= 15 is 0 Å². The highest BCUT2D eigenvalue weighted by atomic mass is 19.3. The van der Waals surface area contributed by atoms with Crippen molar-refractivity contribution in [1.29, 1.82) is 0 Å².